The molecule has 1 atom stereocenters. The van der Waals surface area contributed by atoms with E-state index in [1.807, 2.05) is 13.8 Å². The van der Waals surface area contributed by atoms with Gasteiger partial charge in [-0.15, -0.1) is 0 Å². The van der Waals surface area contributed by atoms with Gasteiger partial charge in [-0.2, -0.15) is 0 Å². The van der Waals surface area contributed by atoms with E-state index in [1.54, 1.807) is 0 Å². The molecule has 1 unspecified atom stereocenters. The van der Waals surface area contributed by atoms with Crippen molar-refractivity contribution in [3.63, 3.8) is 0 Å². The van der Waals surface area contributed by atoms with E-state index in [-0.39, 0.29) is 22.4 Å². The average molecular weight is 324 g/mol. The van der Waals surface area contributed by atoms with Gasteiger partial charge in [0.15, 0.2) is 0 Å². The minimum Gasteiger partial charge on any atom is -0.424 e. The zero-order valence-corrected chi connectivity index (χ0v) is 16.0. The van der Waals surface area contributed by atoms with E-state index < -0.39 is 7.60 Å². The Hall–Kier alpha value is -0.790. The Morgan fingerprint density at radius 3 is 2.09 bits per heavy atom. The first-order chi connectivity index (χ1) is 9.63. The average Bonchev–Trinajstić information content (AvgIpc) is 2.21. The second-order valence-electron chi connectivity index (χ2n) is 9.17. The maximum absolute atomic E-state index is 12.3. The van der Waals surface area contributed by atoms with Crippen LogP contribution in [0.3, 0.4) is 0 Å². The van der Waals surface area contributed by atoms with Crippen LogP contribution in [0.2, 0.25) is 0 Å². The number of fused-ring (bicyclic) bond motifs is 1. The Bertz CT molecular complexity index is 628. The topological polar surface area (TPSA) is 46.5 Å². The van der Waals surface area contributed by atoms with Crippen molar-refractivity contribution in [2.75, 3.05) is 6.16 Å². The lowest BCUT2D eigenvalue weighted by Crippen LogP contribution is -2.31. The van der Waals surface area contributed by atoms with Gasteiger partial charge in [0.2, 0.25) is 0 Å². The van der Waals surface area contributed by atoms with Crippen molar-refractivity contribution in [1.29, 1.82) is 0 Å². The van der Waals surface area contributed by atoms with Gasteiger partial charge < -0.3 is 9.42 Å². The number of rotatable bonds is 0. The van der Waals surface area contributed by atoms with Gasteiger partial charge >= 0.3 is 7.60 Å². The molecule has 0 saturated heterocycles. The van der Waals surface area contributed by atoms with Gasteiger partial charge in [-0.3, -0.25) is 0 Å². The molecule has 1 heterocycles. The Labute approximate surface area is 134 Å². The van der Waals surface area contributed by atoms with Crippen LogP contribution in [0.1, 0.15) is 72.1 Å². The van der Waals surface area contributed by atoms with Gasteiger partial charge in [0.25, 0.3) is 0 Å². The summed E-state index contributed by atoms with van der Waals surface area (Å²) in [6.45, 7) is 17.0. The van der Waals surface area contributed by atoms with Crippen molar-refractivity contribution in [3.05, 3.63) is 28.8 Å². The minimum atomic E-state index is -3.59. The first-order valence-corrected chi connectivity index (χ1v) is 9.61. The largest absolute Gasteiger partial charge is 0.424 e. The lowest BCUT2D eigenvalue weighted by atomic mass is 9.74. The molecule has 0 fully saturated rings. The Kier molecular flexibility index (Phi) is 3.87. The quantitative estimate of drug-likeness (QED) is 0.672. The van der Waals surface area contributed by atoms with Crippen molar-refractivity contribution < 1.29 is 14.0 Å². The minimum absolute atomic E-state index is 0.0193. The molecule has 124 valence electrons. The van der Waals surface area contributed by atoms with Crippen molar-refractivity contribution in [3.8, 4) is 5.75 Å². The van der Waals surface area contributed by atoms with Crippen LogP contribution in [-0.4, -0.2) is 11.1 Å². The monoisotopic (exact) mass is 324 g/mol. The van der Waals surface area contributed by atoms with Crippen LogP contribution >= 0.6 is 7.60 Å². The molecule has 1 aliphatic rings. The van der Waals surface area contributed by atoms with E-state index in [0.717, 1.165) is 11.1 Å². The molecule has 22 heavy (non-hydrogen) atoms. The zero-order valence-electron chi connectivity index (χ0n) is 15.1. The first-order valence-electron chi connectivity index (χ1n) is 7.84. The molecule has 1 N–H and O–H groups in total. The molecule has 0 amide bonds. The molecule has 1 aromatic carbocycles. The van der Waals surface area contributed by atoms with E-state index in [4.69, 9.17) is 4.52 Å². The van der Waals surface area contributed by atoms with Crippen LogP contribution in [0.25, 0.3) is 0 Å². The molecule has 0 aromatic heterocycles. The van der Waals surface area contributed by atoms with Crippen LogP contribution in [-0.2, 0) is 20.8 Å². The zero-order chi connectivity index (χ0) is 17.1. The van der Waals surface area contributed by atoms with Crippen LogP contribution in [0, 0.1) is 0 Å². The molecule has 0 bridgehead atoms. The summed E-state index contributed by atoms with van der Waals surface area (Å²) in [6, 6.07) is 4.30. The predicted molar refractivity (Wildman–Crippen MR) is 92.2 cm³/mol. The highest BCUT2D eigenvalue weighted by Gasteiger charge is 2.43. The molecule has 0 spiro atoms. The summed E-state index contributed by atoms with van der Waals surface area (Å²) < 4.78 is 17.9. The molecule has 0 saturated carbocycles. The third-order valence-electron chi connectivity index (χ3n) is 4.32. The van der Waals surface area contributed by atoms with Crippen molar-refractivity contribution in [1.82, 2.24) is 0 Å². The maximum atomic E-state index is 12.3. The lowest BCUT2D eigenvalue weighted by Gasteiger charge is -2.39. The van der Waals surface area contributed by atoms with Crippen LogP contribution in [0.4, 0.5) is 0 Å². The predicted octanol–water partition coefficient (Wildman–Crippen LogP) is 5.14. The maximum Gasteiger partial charge on any atom is 0.377 e. The second-order valence-corrected chi connectivity index (χ2v) is 10.9. The third-order valence-corrected chi connectivity index (χ3v) is 5.98. The fraction of sp³-hybridized carbons (Fsp3) is 0.667. The second kappa shape index (κ2) is 4.85. The molecule has 2 rings (SSSR count). The fourth-order valence-electron chi connectivity index (χ4n) is 2.98. The Morgan fingerprint density at radius 2 is 1.64 bits per heavy atom. The van der Waals surface area contributed by atoms with E-state index in [1.165, 1.54) is 5.56 Å². The molecule has 0 radical (unpaired) electrons. The van der Waals surface area contributed by atoms with Crippen molar-refractivity contribution in [2.24, 2.45) is 0 Å². The normalized spacial score (nSPS) is 24.6. The molecular formula is C18H29O3P. The fourth-order valence-corrected chi connectivity index (χ4v) is 4.70. The highest BCUT2D eigenvalue weighted by molar-refractivity contribution is 7.53. The van der Waals surface area contributed by atoms with Crippen molar-refractivity contribution >= 4 is 7.60 Å². The van der Waals surface area contributed by atoms with Crippen molar-refractivity contribution in [2.45, 2.75) is 71.6 Å². The van der Waals surface area contributed by atoms with Gasteiger partial charge in [-0.1, -0.05) is 67.5 Å². The van der Waals surface area contributed by atoms with Gasteiger partial charge in [0.05, 0.1) is 6.16 Å². The smallest absolute Gasteiger partial charge is 0.377 e. The molecule has 1 aromatic rings. The van der Waals surface area contributed by atoms with E-state index in [9.17, 15) is 9.46 Å². The summed E-state index contributed by atoms with van der Waals surface area (Å²) in [5.74, 6) is 0.614. The summed E-state index contributed by atoms with van der Waals surface area (Å²) in [4.78, 5) is 10.1. The Balaban J connectivity index is 2.83. The van der Waals surface area contributed by atoms with Crippen LogP contribution < -0.4 is 4.52 Å². The summed E-state index contributed by atoms with van der Waals surface area (Å²) >= 11 is 0. The highest BCUT2D eigenvalue weighted by atomic mass is 31.2. The van der Waals surface area contributed by atoms with Gasteiger partial charge in [-0.25, -0.2) is 4.57 Å². The number of hydrogen-bond acceptors (Lipinski definition) is 2. The standard InChI is InChI=1S/C18H29O3P/c1-16(2,3)12-9-13(17(4,5)6)15-14(10-12)18(7,8)11-22(19,20)21-15/h9-10H,11H2,1-8H3,(H,19,20). The van der Waals surface area contributed by atoms with Crippen LogP contribution in [0.5, 0.6) is 5.75 Å². The summed E-state index contributed by atoms with van der Waals surface area (Å²) in [5, 5.41) is 0. The lowest BCUT2D eigenvalue weighted by molar-refractivity contribution is 0.337. The molecular weight excluding hydrogens is 295 g/mol. The van der Waals surface area contributed by atoms with Crippen LogP contribution in [0.15, 0.2) is 12.1 Å². The molecule has 4 heteroatoms. The van der Waals surface area contributed by atoms with Gasteiger partial charge in [0.1, 0.15) is 5.75 Å². The van der Waals surface area contributed by atoms with Gasteiger partial charge in [-0.05, 0) is 16.4 Å². The number of benzene rings is 1. The number of hydrogen-bond donors (Lipinski definition) is 1. The van der Waals surface area contributed by atoms with E-state index >= 15 is 0 Å². The third kappa shape index (κ3) is 3.26. The molecule has 0 aliphatic carbocycles. The molecule has 1 aliphatic heterocycles. The van der Waals surface area contributed by atoms with Gasteiger partial charge in [0, 0.05) is 16.5 Å². The SMILES string of the molecule is CC(C)(C)c1cc(C(C)(C)C)c2c(c1)C(C)(C)CP(=O)(O)O2. The molecule has 3 nitrogen and oxygen atoms in total. The first kappa shape index (κ1) is 17.6. The summed E-state index contributed by atoms with van der Waals surface area (Å²) in [7, 11) is -3.59. The summed E-state index contributed by atoms with van der Waals surface area (Å²) in [6.07, 6.45) is 0.157. The van der Waals surface area contributed by atoms with E-state index in [2.05, 4.69) is 53.7 Å². The highest BCUT2D eigenvalue weighted by Crippen LogP contribution is 2.58. The Morgan fingerprint density at radius 1 is 1.09 bits per heavy atom. The summed E-state index contributed by atoms with van der Waals surface area (Å²) in [5.41, 5.74) is 2.79. The van der Waals surface area contributed by atoms with E-state index in [0.29, 0.717) is 5.75 Å².